The van der Waals surface area contributed by atoms with Gasteiger partial charge in [0, 0.05) is 32.3 Å². The second-order valence-corrected chi connectivity index (χ2v) is 3.62. The van der Waals surface area contributed by atoms with Crippen LogP contribution >= 0.6 is 0 Å². The summed E-state index contributed by atoms with van der Waals surface area (Å²) < 4.78 is 5.24. The van der Waals surface area contributed by atoms with Crippen molar-refractivity contribution < 1.29 is 9.66 Å². The Hall–Kier alpha value is -1.82. The van der Waals surface area contributed by atoms with E-state index in [9.17, 15) is 10.1 Å². The summed E-state index contributed by atoms with van der Waals surface area (Å²) in [5.74, 6) is 0. The fraction of sp³-hybridized carbons (Fsp3) is 0.455. The first-order valence-electron chi connectivity index (χ1n) is 5.39. The molecule has 94 valence electrons. The van der Waals surface area contributed by atoms with E-state index in [-0.39, 0.29) is 5.69 Å². The van der Waals surface area contributed by atoms with Crippen LogP contribution in [0.5, 0.6) is 0 Å². The highest BCUT2D eigenvalue weighted by Crippen LogP contribution is 2.26. The van der Waals surface area contributed by atoms with Crippen molar-refractivity contribution in [2.75, 3.05) is 37.4 Å². The molecule has 1 rings (SSSR count). The van der Waals surface area contributed by atoms with Crippen LogP contribution in [0.2, 0.25) is 0 Å². The summed E-state index contributed by atoms with van der Waals surface area (Å²) in [5, 5.41) is 10.6. The van der Waals surface area contributed by atoms with Gasteiger partial charge in [-0.15, -0.1) is 0 Å². The molecule has 0 aliphatic carbocycles. The molecule has 0 bridgehead atoms. The maximum Gasteiger partial charge on any atom is 0.271 e. The normalized spacial score (nSPS) is 10.2. The Kier molecular flexibility index (Phi) is 4.71. The van der Waals surface area contributed by atoms with Crippen LogP contribution in [0.1, 0.15) is 6.92 Å². The summed E-state index contributed by atoms with van der Waals surface area (Å²) in [7, 11) is 1.87. The summed E-state index contributed by atoms with van der Waals surface area (Å²) in [6, 6.07) is 4.47. The largest absolute Gasteiger partial charge is 0.397 e. The lowest BCUT2D eigenvalue weighted by Gasteiger charge is -2.20. The molecule has 0 aliphatic heterocycles. The molecule has 2 N–H and O–H groups in total. The summed E-state index contributed by atoms with van der Waals surface area (Å²) in [6.07, 6.45) is 0. The quantitative estimate of drug-likeness (QED) is 0.353. The van der Waals surface area contributed by atoms with Crippen molar-refractivity contribution in [3.05, 3.63) is 28.3 Å². The molecule has 0 unspecified atom stereocenters. The number of nitrogens with two attached hydrogens (primary N) is 1. The summed E-state index contributed by atoms with van der Waals surface area (Å²) in [5.41, 5.74) is 6.96. The van der Waals surface area contributed by atoms with Gasteiger partial charge in [0.05, 0.1) is 22.9 Å². The zero-order chi connectivity index (χ0) is 12.8. The maximum atomic E-state index is 10.6. The zero-order valence-electron chi connectivity index (χ0n) is 10.0. The summed E-state index contributed by atoms with van der Waals surface area (Å²) in [6.45, 7) is 3.89. The number of benzene rings is 1. The van der Waals surface area contributed by atoms with Crippen molar-refractivity contribution in [3.63, 3.8) is 0 Å². The number of hydrogen-bond donors (Lipinski definition) is 1. The average molecular weight is 239 g/mol. The van der Waals surface area contributed by atoms with Crippen LogP contribution in [0.25, 0.3) is 0 Å². The highest BCUT2D eigenvalue weighted by Gasteiger charge is 2.11. The van der Waals surface area contributed by atoms with Gasteiger partial charge in [-0.25, -0.2) is 0 Å². The van der Waals surface area contributed by atoms with Crippen molar-refractivity contribution in [1.29, 1.82) is 0 Å². The second-order valence-electron chi connectivity index (χ2n) is 3.62. The van der Waals surface area contributed by atoms with Crippen LogP contribution in [-0.2, 0) is 4.74 Å². The third-order valence-electron chi connectivity index (χ3n) is 2.41. The number of non-ortho nitro benzene ring substituents is 1. The van der Waals surface area contributed by atoms with E-state index in [2.05, 4.69) is 0 Å². The van der Waals surface area contributed by atoms with Gasteiger partial charge in [0.15, 0.2) is 0 Å². The number of anilines is 2. The van der Waals surface area contributed by atoms with Crippen molar-refractivity contribution in [2.45, 2.75) is 6.92 Å². The molecule has 0 saturated heterocycles. The number of nitro benzene ring substituents is 1. The molecule has 6 nitrogen and oxygen atoms in total. The van der Waals surface area contributed by atoms with E-state index >= 15 is 0 Å². The van der Waals surface area contributed by atoms with Gasteiger partial charge in [0.2, 0.25) is 0 Å². The Morgan fingerprint density at radius 1 is 1.53 bits per heavy atom. The molecular formula is C11H17N3O3. The molecule has 0 aliphatic rings. The molecule has 17 heavy (non-hydrogen) atoms. The third-order valence-corrected chi connectivity index (χ3v) is 2.41. The monoisotopic (exact) mass is 239 g/mol. The maximum absolute atomic E-state index is 10.6. The second kappa shape index (κ2) is 6.05. The van der Waals surface area contributed by atoms with Crippen molar-refractivity contribution in [3.8, 4) is 0 Å². The van der Waals surface area contributed by atoms with Crippen LogP contribution in [0.15, 0.2) is 18.2 Å². The van der Waals surface area contributed by atoms with Crippen LogP contribution in [0.4, 0.5) is 17.1 Å². The van der Waals surface area contributed by atoms with Crippen LogP contribution in [0.3, 0.4) is 0 Å². The summed E-state index contributed by atoms with van der Waals surface area (Å²) in [4.78, 5) is 12.0. The molecule has 0 spiro atoms. The average Bonchev–Trinajstić information content (AvgIpc) is 2.28. The highest BCUT2D eigenvalue weighted by atomic mass is 16.6. The minimum absolute atomic E-state index is 0.00413. The van der Waals surface area contributed by atoms with Crippen molar-refractivity contribution >= 4 is 17.1 Å². The Labute approximate surface area is 100 Å². The number of likely N-dealkylation sites (N-methyl/N-ethyl adjacent to an activating group) is 1. The SMILES string of the molecule is CCOCCN(C)c1ccc([N+](=O)[O-])cc1N. The first-order valence-corrected chi connectivity index (χ1v) is 5.39. The van der Waals surface area contributed by atoms with Gasteiger partial charge in [-0.3, -0.25) is 10.1 Å². The van der Waals surface area contributed by atoms with Crippen LogP contribution in [-0.4, -0.2) is 31.7 Å². The topological polar surface area (TPSA) is 81.6 Å². The molecule has 0 heterocycles. The lowest BCUT2D eigenvalue weighted by atomic mass is 10.2. The molecule has 0 radical (unpaired) electrons. The predicted molar refractivity (Wildman–Crippen MR) is 67.3 cm³/mol. The predicted octanol–water partition coefficient (Wildman–Crippen LogP) is 1.65. The van der Waals surface area contributed by atoms with E-state index < -0.39 is 4.92 Å². The van der Waals surface area contributed by atoms with Gasteiger partial charge in [0.25, 0.3) is 5.69 Å². The fourth-order valence-corrected chi connectivity index (χ4v) is 1.47. The van der Waals surface area contributed by atoms with Gasteiger partial charge < -0.3 is 15.4 Å². The Morgan fingerprint density at radius 3 is 2.76 bits per heavy atom. The van der Waals surface area contributed by atoms with E-state index in [0.29, 0.717) is 25.4 Å². The van der Waals surface area contributed by atoms with E-state index in [1.807, 2.05) is 18.9 Å². The van der Waals surface area contributed by atoms with Gasteiger partial charge in [-0.1, -0.05) is 0 Å². The number of nitrogen functional groups attached to an aromatic ring is 1. The molecule has 1 aromatic rings. The van der Waals surface area contributed by atoms with Crippen molar-refractivity contribution in [2.24, 2.45) is 0 Å². The minimum atomic E-state index is -0.458. The lowest BCUT2D eigenvalue weighted by Crippen LogP contribution is -2.23. The van der Waals surface area contributed by atoms with E-state index in [1.165, 1.54) is 12.1 Å². The third kappa shape index (κ3) is 3.60. The van der Waals surface area contributed by atoms with Gasteiger partial charge in [0.1, 0.15) is 0 Å². The highest BCUT2D eigenvalue weighted by molar-refractivity contribution is 5.70. The first-order chi connectivity index (χ1) is 8.06. The lowest BCUT2D eigenvalue weighted by molar-refractivity contribution is -0.384. The van der Waals surface area contributed by atoms with Gasteiger partial charge >= 0.3 is 0 Å². The first kappa shape index (κ1) is 13.2. The Bertz CT molecular complexity index is 396. The zero-order valence-corrected chi connectivity index (χ0v) is 10.0. The van der Waals surface area contributed by atoms with E-state index in [0.717, 1.165) is 5.69 Å². The molecule has 0 aromatic heterocycles. The number of rotatable bonds is 6. The number of ether oxygens (including phenoxy) is 1. The van der Waals surface area contributed by atoms with Crippen LogP contribution < -0.4 is 10.6 Å². The molecular weight excluding hydrogens is 222 g/mol. The van der Waals surface area contributed by atoms with Crippen molar-refractivity contribution in [1.82, 2.24) is 0 Å². The fourth-order valence-electron chi connectivity index (χ4n) is 1.47. The van der Waals surface area contributed by atoms with Crippen LogP contribution in [0, 0.1) is 10.1 Å². The number of hydrogen-bond acceptors (Lipinski definition) is 5. The standard InChI is InChI=1S/C11H17N3O3/c1-3-17-7-6-13(2)11-5-4-9(14(15)16)8-10(11)12/h4-5,8H,3,6-7,12H2,1-2H3. The summed E-state index contributed by atoms with van der Waals surface area (Å²) >= 11 is 0. The molecule has 0 saturated carbocycles. The minimum Gasteiger partial charge on any atom is -0.397 e. The van der Waals surface area contributed by atoms with Gasteiger partial charge in [-0.2, -0.15) is 0 Å². The molecule has 6 heteroatoms. The molecule has 0 atom stereocenters. The number of nitrogens with zero attached hydrogens (tertiary/aromatic N) is 2. The molecule has 0 amide bonds. The smallest absolute Gasteiger partial charge is 0.271 e. The Morgan fingerprint density at radius 2 is 2.24 bits per heavy atom. The Balaban J connectivity index is 2.74. The van der Waals surface area contributed by atoms with E-state index in [1.54, 1.807) is 6.07 Å². The molecule has 1 aromatic carbocycles. The van der Waals surface area contributed by atoms with Gasteiger partial charge in [-0.05, 0) is 13.0 Å². The number of nitro groups is 1. The molecule has 0 fully saturated rings. The van der Waals surface area contributed by atoms with E-state index in [4.69, 9.17) is 10.5 Å².